The van der Waals surface area contributed by atoms with Crippen molar-refractivity contribution in [3.05, 3.63) is 54.2 Å². The van der Waals surface area contributed by atoms with Crippen LogP contribution in [0.15, 0.2) is 48.7 Å². The standard InChI is InChI=1S/C26H36N6O2/c1-28-11-15-31(16-12-28)24-19-22(7-9-27-24)25(33)32-10-8-26(34,21-32)20-29-13-17-30(18-14-29)23-5-3-2-4-6-23/h2-7,9,19,34H,8,10-18,20-21H2,1H3/t26-/m1/s1. The second-order valence-corrected chi connectivity index (χ2v) is 9.99. The van der Waals surface area contributed by atoms with Crippen molar-refractivity contribution in [2.45, 2.75) is 12.0 Å². The molecular formula is C26H36N6O2. The van der Waals surface area contributed by atoms with Crippen molar-refractivity contribution in [2.24, 2.45) is 0 Å². The molecule has 1 amide bonds. The molecule has 1 N–H and O–H groups in total. The van der Waals surface area contributed by atoms with E-state index < -0.39 is 5.60 Å². The number of likely N-dealkylation sites (N-methyl/N-ethyl adjacent to an activating group) is 1. The molecule has 1 aromatic carbocycles. The van der Waals surface area contributed by atoms with Gasteiger partial charge in [-0.3, -0.25) is 9.69 Å². The van der Waals surface area contributed by atoms with E-state index in [9.17, 15) is 9.90 Å². The minimum absolute atomic E-state index is 0.0115. The molecule has 3 saturated heterocycles. The van der Waals surface area contributed by atoms with Crippen LogP contribution in [0.3, 0.4) is 0 Å². The molecule has 4 heterocycles. The number of aliphatic hydroxyl groups is 1. The van der Waals surface area contributed by atoms with Crippen molar-refractivity contribution < 1.29 is 9.90 Å². The van der Waals surface area contributed by atoms with Gasteiger partial charge in [-0.05, 0) is 37.7 Å². The predicted molar refractivity (Wildman–Crippen MR) is 135 cm³/mol. The molecule has 3 aliphatic rings. The Morgan fingerprint density at radius 2 is 1.65 bits per heavy atom. The van der Waals surface area contributed by atoms with Gasteiger partial charge in [0.15, 0.2) is 0 Å². The van der Waals surface area contributed by atoms with Crippen LogP contribution in [0.4, 0.5) is 11.5 Å². The lowest BCUT2D eigenvalue weighted by molar-refractivity contribution is 0.0103. The summed E-state index contributed by atoms with van der Waals surface area (Å²) in [6.07, 6.45) is 2.35. The van der Waals surface area contributed by atoms with Crippen LogP contribution in [0.2, 0.25) is 0 Å². The van der Waals surface area contributed by atoms with Crippen LogP contribution >= 0.6 is 0 Å². The molecule has 8 heteroatoms. The highest BCUT2D eigenvalue weighted by Crippen LogP contribution is 2.26. The lowest BCUT2D eigenvalue weighted by Crippen LogP contribution is -2.53. The Morgan fingerprint density at radius 1 is 0.941 bits per heavy atom. The minimum Gasteiger partial charge on any atom is -0.387 e. The van der Waals surface area contributed by atoms with Crippen molar-refractivity contribution >= 4 is 17.4 Å². The summed E-state index contributed by atoms with van der Waals surface area (Å²) in [4.78, 5) is 28.9. The Hall–Kier alpha value is -2.68. The second-order valence-electron chi connectivity index (χ2n) is 9.99. The van der Waals surface area contributed by atoms with Crippen molar-refractivity contribution in [3.63, 3.8) is 0 Å². The number of anilines is 2. The van der Waals surface area contributed by atoms with Gasteiger partial charge in [0, 0.05) is 82.9 Å². The molecule has 1 atom stereocenters. The zero-order chi connectivity index (χ0) is 23.5. The van der Waals surface area contributed by atoms with Crippen molar-refractivity contribution in [3.8, 4) is 0 Å². The maximum absolute atomic E-state index is 13.3. The van der Waals surface area contributed by atoms with E-state index in [0.29, 0.717) is 31.6 Å². The van der Waals surface area contributed by atoms with Crippen LogP contribution < -0.4 is 9.80 Å². The molecule has 0 radical (unpaired) electrons. The summed E-state index contributed by atoms with van der Waals surface area (Å²) in [5.74, 6) is 0.854. The highest BCUT2D eigenvalue weighted by Gasteiger charge is 2.40. The Balaban J connectivity index is 1.15. The number of piperazine rings is 2. The number of carbonyl (C=O) groups excluding carboxylic acids is 1. The summed E-state index contributed by atoms with van der Waals surface area (Å²) >= 11 is 0. The van der Waals surface area contributed by atoms with E-state index in [2.05, 4.69) is 55.9 Å². The maximum atomic E-state index is 13.3. The van der Waals surface area contributed by atoms with Gasteiger partial charge >= 0.3 is 0 Å². The van der Waals surface area contributed by atoms with Gasteiger partial charge < -0.3 is 24.7 Å². The van der Waals surface area contributed by atoms with Crippen molar-refractivity contribution in [2.75, 3.05) is 88.8 Å². The van der Waals surface area contributed by atoms with Gasteiger partial charge in [-0.1, -0.05) is 18.2 Å². The van der Waals surface area contributed by atoms with Gasteiger partial charge in [0.25, 0.3) is 5.91 Å². The zero-order valence-electron chi connectivity index (χ0n) is 20.1. The number of nitrogens with zero attached hydrogens (tertiary/aromatic N) is 6. The summed E-state index contributed by atoms with van der Waals surface area (Å²) in [5, 5.41) is 11.3. The number of pyridine rings is 1. The van der Waals surface area contributed by atoms with Crippen LogP contribution in [-0.4, -0.2) is 115 Å². The third kappa shape index (κ3) is 5.19. The SMILES string of the molecule is CN1CCN(c2cc(C(=O)N3CC[C@@](O)(CN4CCN(c5ccccc5)CC4)C3)ccn2)CC1. The second kappa shape index (κ2) is 9.90. The summed E-state index contributed by atoms with van der Waals surface area (Å²) in [6.45, 7) is 9.17. The third-order valence-corrected chi connectivity index (χ3v) is 7.45. The predicted octanol–water partition coefficient (Wildman–Crippen LogP) is 1.23. The molecule has 0 spiro atoms. The van der Waals surface area contributed by atoms with Gasteiger partial charge in [0.1, 0.15) is 5.82 Å². The van der Waals surface area contributed by atoms with E-state index in [1.165, 1.54) is 5.69 Å². The van der Waals surface area contributed by atoms with Crippen LogP contribution in [-0.2, 0) is 0 Å². The highest BCUT2D eigenvalue weighted by molar-refractivity contribution is 5.95. The first-order valence-corrected chi connectivity index (χ1v) is 12.4. The minimum atomic E-state index is -0.849. The van der Waals surface area contributed by atoms with E-state index in [0.717, 1.165) is 58.2 Å². The molecule has 3 aliphatic heterocycles. The van der Waals surface area contributed by atoms with Gasteiger partial charge in [0.05, 0.1) is 12.1 Å². The Kier molecular flexibility index (Phi) is 6.72. The van der Waals surface area contributed by atoms with Crippen LogP contribution in [0, 0.1) is 0 Å². The third-order valence-electron chi connectivity index (χ3n) is 7.45. The number of rotatable bonds is 5. The maximum Gasteiger partial charge on any atom is 0.254 e. The number of benzene rings is 1. The molecule has 3 fully saturated rings. The summed E-state index contributed by atoms with van der Waals surface area (Å²) < 4.78 is 0. The summed E-state index contributed by atoms with van der Waals surface area (Å²) in [6, 6.07) is 14.2. The van der Waals surface area contributed by atoms with Crippen LogP contribution in [0.25, 0.3) is 0 Å². The van der Waals surface area contributed by atoms with Crippen molar-refractivity contribution in [1.29, 1.82) is 0 Å². The number of aromatic nitrogens is 1. The normalized spacial score (nSPS) is 24.6. The lowest BCUT2D eigenvalue weighted by Gasteiger charge is -2.39. The fourth-order valence-electron chi connectivity index (χ4n) is 5.32. The molecule has 0 unspecified atom stereocenters. The molecule has 0 aliphatic carbocycles. The van der Waals surface area contributed by atoms with E-state index in [4.69, 9.17) is 0 Å². The molecule has 0 bridgehead atoms. The average molecular weight is 465 g/mol. The Bertz CT molecular complexity index is 972. The van der Waals surface area contributed by atoms with Crippen LogP contribution in [0.5, 0.6) is 0 Å². The molecule has 182 valence electrons. The number of amides is 1. The summed E-state index contributed by atoms with van der Waals surface area (Å²) in [7, 11) is 2.13. The molecule has 34 heavy (non-hydrogen) atoms. The van der Waals surface area contributed by atoms with Crippen LogP contribution in [0.1, 0.15) is 16.8 Å². The fourth-order valence-corrected chi connectivity index (χ4v) is 5.32. The van der Waals surface area contributed by atoms with Crippen molar-refractivity contribution in [1.82, 2.24) is 19.7 Å². The van der Waals surface area contributed by atoms with Gasteiger partial charge in [-0.2, -0.15) is 0 Å². The Labute approximate surface area is 202 Å². The summed E-state index contributed by atoms with van der Waals surface area (Å²) in [5.41, 5.74) is 1.06. The Morgan fingerprint density at radius 3 is 2.38 bits per heavy atom. The molecule has 8 nitrogen and oxygen atoms in total. The topological polar surface area (TPSA) is 66.4 Å². The monoisotopic (exact) mass is 464 g/mol. The number of hydrogen-bond donors (Lipinski definition) is 1. The highest BCUT2D eigenvalue weighted by atomic mass is 16.3. The van der Waals surface area contributed by atoms with E-state index in [-0.39, 0.29) is 5.91 Å². The molecule has 5 rings (SSSR count). The molecule has 2 aromatic rings. The first-order chi connectivity index (χ1) is 16.5. The first-order valence-electron chi connectivity index (χ1n) is 12.4. The molecule has 0 saturated carbocycles. The van der Waals surface area contributed by atoms with E-state index in [1.807, 2.05) is 17.0 Å². The number of likely N-dealkylation sites (tertiary alicyclic amines) is 1. The molecule has 1 aromatic heterocycles. The number of carbonyl (C=O) groups is 1. The number of β-amino-alcohol motifs (C(OH)–C–C–N with tert-alkyl or cyclic N) is 1. The molecular weight excluding hydrogens is 428 g/mol. The quantitative estimate of drug-likeness (QED) is 0.714. The van der Waals surface area contributed by atoms with E-state index in [1.54, 1.807) is 12.3 Å². The van der Waals surface area contributed by atoms with Gasteiger partial charge in [-0.25, -0.2) is 4.98 Å². The number of hydrogen-bond acceptors (Lipinski definition) is 7. The largest absolute Gasteiger partial charge is 0.387 e. The average Bonchev–Trinajstić information content (AvgIpc) is 3.26. The number of para-hydroxylation sites is 1. The lowest BCUT2D eigenvalue weighted by atomic mass is 10.0. The van der Waals surface area contributed by atoms with Gasteiger partial charge in [0.2, 0.25) is 0 Å². The zero-order valence-corrected chi connectivity index (χ0v) is 20.1. The van der Waals surface area contributed by atoms with Gasteiger partial charge in [-0.15, -0.1) is 0 Å². The smallest absolute Gasteiger partial charge is 0.254 e. The first kappa shape index (κ1) is 23.1. The van der Waals surface area contributed by atoms with E-state index >= 15 is 0 Å². The fraction of sp³-hybridized carbons (Fsp3) is 0.538.